The van der Waals surface area contributed by atoms with E-state index in [0.29, 0.717) is 5.89 Å². The van der Waals surface area contributed by atoms with Crippen LogP contribution >= 0.6 is 0 Å². The number of fused-ring (bicyclic) bond motifs is 5. The Bertz CT molecular complexity index is 2700. The van der Waals surface area contributed by atoms with E-state index >= 15 is 0 Å². The number of rotatable bonds is 6. The molecule has 0 amide bonds. The number of nitrogens with zero attached hydrogens (tertiary/aromatic N) is 2. The second-order valence-electron chi connectivity index (χ2n) is 12.8. The molecule has 4 heteroatoms. The van der Waals surface area contributed by atoms with E-state index in [-0.39, 0.29) is 0 Å². The van der Waals surface area contributed by atoms with E-state index in [1.165, 1.54) is 22.3 Å². The first kappa shape index (κ1) is 29.0. The van der Waals surface area contributed by atoms with Crippen molar-refractivity contribution in [2.75, 3.05) is 4.90 Å². The second-order valence-corrected chi connectivity index (χ2v) is 12.8. The molecule has 51 heavy (non-hydrogen) atoms. The topological polar surface area (TPSA) is 42.4 Å². The van der Waals surface area contributed by atoms with Gasteiger partial charge in [0.1, 0.15) is 16.7 Å². The van der Waals surface area contributed by atoms with Crippen LogP contribution in [-0.2, 0) is 0 Å². The largest absolute Gasteiger partial charge is 0.456 e. The molecule has 4 nitrogen and oxygen atoms in total. The third-order valence-electron chi connectivity index (χ3n) is 9.69. The highest BCUT2D eigenvalue weighted by atomic mass is 16.3. The molecule has 0 spiro atoms. The van der Waals surface area contributed by atoms with Crippen molar-refractivity contribution in [2.45, 2.75) is 0 Å². The smallest absolute Gasteiger partial charge is 0.228 e. The fraction of sp³-hybridized carbons (Fsp3) is 0. The molecule has 0 N–H and O–H groups in total. The van der Waals surface area contributed by atoms with Gasteiger partial charge in [0.15, 0.2) is 5.58 Å². The highest BCUT2D eigenvalue weighted by molar-refractivity contribution is 6.12. The zero-order valence-corrected chi connectivity index (χ0v) is 27.5. The molecule has 0 aliphatic carbocycles. The number of oxazole rings is 1. The summed E-state index contributed by atoms with van der Waals surface area (Å²) in [5.74, 6) is 0.580. The van der Waals surface area contributed by atoms with Crippen LogP contribution in [0.15, 0.2) is 191 Å². The molecule has 0 saturated heterocycles. The van der Waals surface area contributed by atoms with E-state index in [2.05, 4.69) is 150 Å². The molecule has 0 fully saturated rings. The summed E-state index contributed by atoms with van der Waals surface area (Å²) in [6.45, 7) is 0. The molecule has 2 aromatic heterocycles. The van der Waals surface area contributed by atoms with Gasteiger partial charge in [-0.05, 0) is 93.7 Å². The number of hydrogen-bond donors (Lipinski definition) is 0. The minimum absolute atomic E-state index is 0.580. The Kier molecular flexibility index (Phi) is 6.78. The lowest BCUT2D eigenvalue weighted by atomic mass is 10.0. The molecule has 0 aliphatic heterocycles. The Morgan fingerprint density at radius 1 is 0.392 bits per heavy atom. The fourth-order valence-corrected chi connectivity index (χ4v) is 7.17. The Morgan fingerprint density at radius 3 is 1.61 bits per heavy atom. The Labute approximate surface area is 294 Å². The van der Waals surface area contributed by atoms with Crippen molar-refractivity contribution in [1.29, 1.82) is 0 Å². The van der Waals surface area contributed by atoms with Crippen LogP contribution < -0.4 is 4.90 Å². The van der Waals surface area contributed by atoms with E-state index in [9.17, 15) is 0 Å². The van der Waals surface area contributed by atoms with Crippen molar-refractivity contribution in [3.8, 4) is 33.7 Å². The van der Waals surface area contributed by atoms with Gasteiger partial charge >= 0.3 is 0 Å². The van der Waals surface area contributed by atoms with Gasteiger partial charge in [-0.1, -0.05) is 115 Å². The van der Waals surface area contributed by atoms with Crippen LogP contribution in [0.5, 0.6) is 0 Å². The third-order valence-corrected chi connectivity index (χ3v) is 9.69. The van der Waals surface area contributed by atoms with E-state index < -0.39 is 0 Å². The van der Waals surface area contributed by atoms with Gasteiger partial charge in [0.05, 0.1) is 0 Å². The summed E-state index contributed by atoms with van der Waals surface area (Å²) in [5.41, 5.74) is 11.9. The summed E-state index contributed by atoms with van der Waals surface area (Å²) in [5, 5.41) is 4.26. The van der Waals surface area contributed by atoms with Crippen LogP contribution in [-0.4, -0.2) is 4.98 Å². The maximum atomic E-state index is 6.57. The minimum atomic E-state index is 0.580. The van der Waals surface area contributed by atoms with Crippen LogP contribution in [0.2, 0.25) is 0 Å². The SMILES string of the molecule is c1ccc(-c2ccc(N(c3ccc(-c4ccccc4)cc3)c3ccc4c(c3)oc3cccc(-c5nc6cc7ccccc7cc6o5)c34)cc2)cc1. The highest BCUT2D eigenvalue weighted by Crippen LogP contribution is 2.42. The molecule has 10 rings (SSSR count). The summed E-state index contributed by atoms with van der Waals surface area (Å²) in [6, 6.07) is 63.4. The van der Waals surface area contributed by atoms with Gasteiger partial charge in [0.2, 0.25) is 5.89 Å². The molecule has 0 aliphatic rings. The van der Waals surface area contributed by atoms with E-state index in [1.54, 1.807) is 0 Å². The van der Waals surface area contributed by atoms with E-state index in [1.807, 2.05) is 36.4 Å². The van der Waals surface area contributed by atoms with Gasteiger partial charge in [-0.3, -0.25) is 0 Å². The van der Waals surface area contributed by atoms with E-state index in [4.69, 9.17) is 13.8 Å². The standard InChI is InChI=1S/C47H30N2O2/c1-3-10-31(11-4-1)33-18-22-37(23-19-33)49(38-24-20-34(21-25-38)32-12-5-2-6-13-32)39-26-27-40-44(30-39)50-43-17-9-16-41(46(40)43)47-48-42-28-35-14-7-8-15-36(35)29-45(42)51-47/h1-30H. The van der Waals surface area contributed by atoms with Crippen molar-refractivity contribution in [1.82, 2.24) is 4.98 Å². The van der Waals surface area contributed by atoms with Gasteiger partial charge in [0.25, 0.3) is 0 Å². The Balaban J connectivity index is 1.09. The predicted molar refractivity (Wildman–Crippen MR) is 210 cm³/mol. The second kappa shape index (κ2) is 11.9. The first-order valence-corrected chi connectivity index (χ1v) is 17.1. The minimum Gasteiger partial charge on any atom is -0.456 e. The molecular formula is C47H30N2O2. The number of benzene rings is 8. The third kappa shape index (κ3) is 5.13. The lowest BCUT2D eigenvalue weighted by molar-refractivity contribution is 0.620. The summed E-state index contributed by atoms with van der Waals surface area (Å²) < 4.78 is 13.0. The van der Waals surface area contributed by atoms with Crippen molar-refractivity contribution in [3.05, 3.63) is 182 Å². The average Bonchev–Trinajstić information content (AvgIpc) is 3.79. The molecule has 0 atom stereocenters. The molecule has 8 aromatic carbocycles. The summed E-state index contributed by atoms with van der Waals surface area (Å²) >= 11 is 0. The normalized spacial score (nSPS) is 11.5. The zero-order valence-electron chi connectivity index (χ0n) is 27.5. The molecule has 0 saturated carbocycles. The molecule has 0 unspecified atom stereocenters. The zero-order chi connectivity index (χ0) is 33.7. The Hall–Kier alpha value is -6.91. The van der Waals surface area contributed by atoms with Crippen LogP contribution in [0.3, 0.4) is 0 Å². The lowest BCUT2D eigenvalue weighted by Crippen LogP contribution is -2.09. The predicted octanol–water partition coefficient (Wildman–Crippen LogP) is 13.4. The van der Waals surface area contributed by atoms with Gasteiger partial charge < -0.3 is 13.7 Å². The number of furan rings is 1. The quantitative estimate of drug-likeness (QED) is 0.179. The van der Waals surface area contributed by atoms with Gasteiger partial charge in [-0.15, -0.1) is 0 Å². The van der Waals surface area contributed by atoms with Crippen LogP contribution in [0.25, 0.3) is 77.5 Å². The van der Waals surface area contributed by atoms with Crippen LogP contribution in [0.1, 0.15) is 0 Å². The van der Waals surface area contributed by atoms with Crippen molar-refractivity contribution in [2.24, 2.45) is 0 Å². The Morgan fingerprint density at radius 2 is 0.961 bits per heavy atom. The van der Waals surface area contributed by atoms with Crippen LogP contribution in [0.4, 0.5) is 17.1 Å². The summed E-state index contributed by atoms with van der Waals surface area (Å²) in [7, 11) is 0. The monoisotopic (exact) mass is 654 g/mol. The summed E-state index contributed by atoms with van der Waals surface area (Å²) in [4.78, 5) is 7.22. The lowest BCUT2D eigenvalue weighted by Gasteiger charge is -2.26. The van der Waals surface area contributed by atoms with Crippen molar-refractivity contribution >= 4 is 60.9 Å². The molecule has 240 valence electrons. The number of hydrogen-bond acceptors (Lipinski definition) is 4. The van der Waals surface area contributed by atoms with Crippen LogP contribution in [0, 0.1) is 0 Å². The first-order valence-electron chi connectivity index (χ1n) is 17.1. The van der Waals surface area contributed by atoms with Crippen molar-refractivity contribution < 1.29 is 8.83 Å². The summed E-state index contributed by atoms with van der Waals surface area (Å²) in [6.07, 6.45) is 0. The van der Waals surface area contributed by atoms with Crippen molar-refractivity contribution in [3.63, 3.8) is 0 Å². The number of aromatic nitrogens is 1. The fourth-order valence-electron chi connectivity index (χ4n) is 7.17. The van der Waals surface area contributed by atoms with Gasteiger partial charge in [0, 0.05) is 39.5 Å². The number of anilines is 3. The molecule has 2 heterocycles. The van der Waals surface area contributed by atoms with Gasteiger partial charge in [-0.2, -0.15) is 0 Å². The highest BCUT2D eigenvalue weighted by Gasteiger charge is 2.20. The maximum Gasteiger partial charge on any atom is 0.228 e. The maximum absolute atomic E-state index is 6.57. The molecule has 0 radical (unpaired) electrons. The molecule has 0 bridgehead atoms. The molecular weight excluding hydrogens is 625 g/mol. The van der Waals surface area contributed by atoms with Gasteiger partial charge in [-0.25, -0.2) is 4.98 Å². The van der Waals surface area contributed by atoms with E-state index in [0.717, 1.165) is 66.4 Å². The first-order chi connectivity index (χ1) is 25.2. The average molecular weight is 655 g/mol. The molecule has 10 aromatic rings.